The van der Waals surface area contributed by atoms with Gasteiger partial charge in [0.25, 0.3) is 11.8 Å². The molecule has 0 saturated carbocycles. The minimum absolute atomic E-state index is 0.0444. The van der Waals surface area contributed by atoms with E-state index in [0.717, 1.165) is 12.8 Å². The fraction of sp³-hybridized carbons (Fsp3) is 0.348. The molecule has 4 rings (SSSR count). The Bertz CT molecular complexity index is 1010. The summed E-state index contributed by atoms with van der Waals surface area (Å²) >= 11 is 0. The lowest BCUT2D eigenvalue weighted by Crippen LogP contribution is -2.40. The molecule has 31 heavy (non-hydrogen) atoms. The summed E-state index contributed by atoms with van der Waals surface area (Å²) in [6.45, 7) is 2.69. The predicted molar refractivity (Wildman–Crippen MR) is 113 cm³/mol. The van der Waals surface area contributed by atoms with Gasteiger partial charge in [0.05, 0.1) is 18.4 Å². The Balaban J connectivity index is 1.71. The van der Waals surface area contributed by atoms with Gasteiger partial charge < -0.3 is 19.7 Å². The highest BCUT2D eigenvalue weighted by atomic mass is 16.3. The normalized spacial score (nSPS) is 19.4. The van der Waals surface area contributed by atoms with Crippen LogP contribution >= 0.6 is 0 Å². The topological polar surface area (TPSA) is 103 Å². The number of hydrogen-bond acceptors (Lipinski definition) is 6. The van der Waals surface area contributed by atoms with Gasteiger partial charge in [0, 0.05) is 32.3 Å². The van der Waals surface area contributed by atoms with Crippen LogP contribution in [-0.2, 0) is 20.9 Å². The van der Waals surface area contributed by atoms with Crippen molar-refractivity contribution in [2.45, 2.75) is 26.3 Å². The van der Waals surface area contributed by atoms with Crippen LogP contribution in [0, 0.1) is 5.92 Å². The number of aliphatic hydroxyl groups is 1. The number of nitrogens with one attached hydrogen (secondary N) is 1. The van der Waals surface area contributed by atoms with Gasteiger partial charge in [-0.05, 0) is 48.6 Å². The van der Waals surface area contributed by atoms with Crippen LogP contribution in [0.4, 0.5) is 5.69 Å². The van der Waals surface area contributed by atoms with Crippen molar-refractivity contribution in [3.63, 3.8) is 0 Å². The smallest absolute Gasteiger partial charge is 0.278 e. The van der Waals surface area contributed by atoms with E-state index in [1.54, 1.807) is 36.4 Å². The van der Waals surface area contributed by atoms with Gasteiger partial charge in [0.1, 0.15) is 11.5 Å². The molecule has 1 aromatic heterocycles. The molecule has 2 aromatic rings. The Kier molecular flexibility index (Phi) is 5.90. The molecule has 1 fully saturated rings. The Morgan fingerprint density at radius 2 is 1.97 bits per heavy atom. The summed E-state index contributed by atoms with van der Waals surface area (Å²) in [6.07, 6.45) is 3.23. The maximum Gasteiger partial charge on any atom is 0.278 e. The highest BCUT2D eigenvalue weighted by Crippen LogP contribution is 2.35. The third-order valence-corrected chi connectivity index (χ3v) is 5.62. The molecule has 8 heteroatoms. The summed E-state index contributed by atoms with van der Waals surface area (Å²) in [5.74, 6) is -0.342. The third-order valence-electron chi connectivity index (χ3n) is 5.62. The first-order valence-electron chi connectivity index (χ1n) is 10.3. The quantitative estimate of drug-likeness (QED) is 0.691. The Labute approximate surface area is 180 Å². The van der Waals surface area contributed by atoms with Crippen LogP contribution in [-0.4, -0.2) is 52.3 Å². The molecule has 1 atom stereocenters. The number of likely N-dealkylation sites (tertiary alicyclic amines) is 1. The van der Waals surface area contributed by atoms with Crippen LogP contribution in [0.15, 0.2) is 52.8 Å². The molecule has 1 aromatic carbocycles. The standard InChI is InChI=1S/C23H25N3O5/c1-15(28)24-18-8-6-17(7-9-18)20-21(25-10-2-4-16(12-25)14-27)23(30)26(22(20)29)13-19-5-3-11-31-19/h3,5-9,11,16,27H,2,4,10,12-14H2,1H3,(H,24,28). The van der Waals surface area contributed by atoms with Crippen LogP contribution in [0.25, 0.3) is 5.57 Å². The predicted octanol–water partition coefficient (Wildman–Crippen LogP) is 2.22. The zero-order valence-corrected chi connectivity index (χ0v) is 17.3. The SMILES string of the molecule is CC(=O)Nc1ccc(C2=C(N3CCCC(CO)C3)C(=O)N(Cc3ccco3)C2=O)cc1. The minimum Gasteiger partial charge on any atom is -0.467 e. The highest BCUT2D eigenvalue weighted by molar-refractivity contribution is 6.35. The molecule has 0 bridgehead atoms. The van der Waals surface area contributed by atoms with E-state index in [4.69, 9.17) is 4.42 Å². The van der Waals surface area contributed by atoms with Gasteiger partial charge in [-0.1, -0.05) is 12.1 Å². The monoisotopic (exact) mass is 423 g/mol. The molecular weight excluding hydrogens is 398 g/mol. The van der Waals surface area contributed by atoms with Gasteiger partial charge in [0.15, 0.2) is 0 Å². The van der Waals surface area contributed by atoms with E-state index in [-0.39, 0.29) is 36.8 Å². The van der Waals surface area contributed by atoms with Gasteiger partial charge in [-0.25, -0.2) is 0 Å². The average Bonchev–Trinajstić information content (AvgIpc) is 3.36. The minimum atomic E-state index is -0.380. The second-order valence-electron chi connectivity index (χ2n) is 7.89. The van der Waals surface area contributed by atoms with Crippen molar-refractivity contribution in [1.29, 1.82) is 0 Å². The largest absolute Gasteiger partial charge is 0.467 e. The summed E-state index contributed by atoms with van der Waals surface area (Å²) in [4.78, 5) is 41.2. The molecule has 3 heterocycles. The van der Waals surface area contributed by atoms with Crippen molar-refractivity contribution in [2.24, 2.45) is 5.92 Å². The van der Waals surface area contributed by atoms with E-state index >= 15 is 0 Å². The molecule has 8 nitrogen and oxygen atoms in total. The number of hydrogen-bond donors (Lipinski definition) is 2. The van der Waals surface area contributed by atoms with E-state index in [2.05, 4.69) is 5.32 Å². The maximum absolute atomic E-state index is 13.4. The van der Waals surface area contributed by atoms with Crippen LogP contribution in [0.2, 0.25) is 0 Å². The number of benzene rings is 1. The zero-order chi connectivity index (χ0) is 22.0. The lowest BCUT2D eigenvalue weighted by molar-refractivity contribution is -0.138. The van der Waals surface area contributed by atoms with Crippen molar-refractivity contribution < 1.29 is 23.9 Å². The molecule has 0 aliphatic carbocycles. The number of furan rings is 1. The lowest BCUT2D eigenvalue weighted by Gasteiger charge is -2.34. The Hall–Kier alpha value is -3.39. The fourth-order valence-electron chi connectivity index (χ4n) is 4.16. The first kappa shape index (κ1) is 20.9. The van der Waals surface area contributed by atoms with E-state index in [0.29, 0.717) is 41.4 Å². The number of anilines is 1. The van der Waals surface area contributed by atoms with Crippen molar-refractivity contribution >= 4 is 29.0 Å². The number of amides is 3. The van der Waals surface area contributed by atoms with Crippen molar-refractivity contribution in [3.8, 4) is 0 Å². The maximum atomic E-state index is 13.4. The van der Waals surface area contributed by atoms with Crippen LogP contribution in [0.3, 0.4) is 0 Å². The van der Waals surface area contributed by atoms with E-state index < -0.39 is 0 Å². The van der Waals surface area contributed by atoms with Crippen LogP contribution < -0.4 is 5.32 Å². The average molecular weight is 423 g/mol. The molecule has 0 spiro atoms. The molecule has 3 amide bonds. The molecular formula is C23H25N3O5. The number of rotatable bonds is 6. The zero-order valence-electron chi connectivity index (χ0n) is 17.3. The Morgan fingerprint density at radius 3 is 2.61 bits per heavy atom. The van der Waals surface area contributed by atoms with Crippen molar-refractivity contribution in [1.82, 2.24) is 9.80 Å². The molecule has 162 valence electrons. The molecule has 2 aliphatic rings. The second-order valence-corrected chi connectivity index (χ2v) is 7.89. The first-order chi connectivity index (χ1) is 15.0. The summed E-state index contributed by atoms with van der Waals surface area (Å²) in [7, 11) is 0. The van der Waals surface area contributed by atoms with E-state index in [1.807, 2.05) is 4.90 Å². The van der Waals surface area contributed by atoms with Gasteiger partial charge in [0.2, 0.25) is 5.91 Å². The van der Waals surface area contributed by atoms with Gasteiger partial charge in [-0.3, -0.25) is 19.3 Å². The van der Waals surface area contributed by atoms with E-state index in [9.17, 15) is 19.5 Å². The molecule has 1 unspecified atom stereocenters. The summed E-state index contributed by atoms with van der Waals surface area (Å²) in [5, 5.41) is 12.3. The number of carbonyl (C=O) groups is 3. The summed E-state index contributed by atoms with van der Waals surface area (Å²) in [6, 6.07) is 10.3. The number of imide groups is 1. The molecule has 2 N–H and O–H groups in total. The number of aliphatic hydroxyl groups excluding tert-OH is 1. The van der Waals surface area contributed by atoms with E-state index in [1.165, 1.54) is 18.1 Å². The lowest BCUT2D eigenvalue weighted by atomic mass is 9.97. The van der Waals surface area contributed by atoms with Crippen molar-refractivity contribution in [2.75, 3.05) is 25.0 Å². The fourth-order valence-corrected chi connectivity index (χ4v) is 4.16. The second kappa shape index (κ2) is 8.77. The number of piperidine rings is 1. The summed E-state index contributed by atoms with van der Waals surface area (Å²) in [5.41, 5.74) is 1.92. The number of carbonyl (C=O) groups excluding carboxylic acids is 3. The highest BCUT2D eigenvalue weighted by Gasteiger charge is 2.42. The Morgan fingerprint density at radius 1 is 1.19 bits per heavy atom. The molecule has 0 radical (unpaired) electrons. The number of nitrogens with zero attached hydrogens (tertiary/aromatic N) is 2. The van der Waals surface area contributed by atoms with Gasteiger partial charge in [-0.15, -0.1) is 0 Å². The molecule has 1 saturated heterocycles. The van der Waals surface area contributed by atoms with Gasteiger partial charge >= 0.3 is 0 Å². The summed E-state index contributed by atoms with van der Waals surface area (Å²) < 4.78 is 5.35. The van der Waals surface area contributed by atoms with Crippen LogP contribution in [0.1, 0.15) is 31.1 Å². The van der Waals surface area contributed by atoms with Gasteiger partial charge in [-0.2, -0.15) is 0 Å². The molecule has 2 aliphatic heterocycles. The van der Waals surface area contributed by atoms with Crippen LogP contribution in [0.5, 0.6) is 0 Å². The van der Waals surface area contributed by atoms with Crippen molar-refractivity contribution in [3.05, 3.63) is 59.7 Å². The third kappa shape index (κ3) is 4.25. The first-order valence-corrected chi connectivity index (χ1v) is 10.3.